The molecule has 2 rings (SSSR count). The van der Waals surface area contributed by atoms with Crippen molar-refractivity contribution in [2.45, 2.75) is 12.5 Å². The van der Waals surface area contributed by atoms with Crippen LogP contribution in [-0.4, -0.2) is 48.9 Å². The van der Waals surface area contributed by atoms with Crippen LogP contribution >= 0.6 is 11.6 Å². The summed E-state index contributed by atoms with van der Waals surface area (Å²) in [6.07, 6.45) is 0.429. The molecule has 1 fully saturated rings. The summed E-state index contributed by atoms with van der Waals surface area (Å²) < 4.78 is 22.8. The Morgan fingerprint density at radius 3 is 2.68 bits per heavy atom. The van der Waals surface area contributed by atoms with E-state index < -0.39 is 15.7 Å². The third kappa shape index (κ3) is 3.01. The second-order valence-electron chi connectivity index (χ2n) is 4.63. The van der Waals surface area contributed by atoms with Crippen molar-refractivity contribution < 1.29 is 18.3 Å². The third-order valence-electron chi connectivity index (χ3n) is 3.27. The highest BCUT2D eigenvalue weighted by Crippen LogP contribution is 2.25. The number of halogens is 1. The van der Waals surface area contributed by atoms with Crippen molar-refractivity contribution in [3.8, 4) is 5.75 Å². The summed E-state index contributed by atoms with van der Waals surface area (Å²) in [5.74, 6) is -0.535. The van der Waals surface area contributed by atoms with Crippen LogP contribution in [-0.2, 0) is 9.84 Å². The molecule has 1 aromatic carbocycles. The Labute approximate surface area is 116 Å². The van der Waals surface area contributed by atoms with Crippen LogP contribution in [0.5, 0.6) is 5.75 Å². The van der Waals surface area contributed by atoms with Crippen molar-refractivity contribution in [3.05, 3.63) is 28.8 Å². The van der Waals surface area contributed by atoms with Gasteiger partial charge in [-0.1, -0.05) is 11.6 Å². The Morgan fingerprint density at radius 1 is 1.47 bits per heavy atom. The monoisotopic (exact) mass is 303 g/mol. The van der Waals surface area contributed by atoms with Crippen LogP contribution in [0.15, 0.2) is 18.2 Å². The van der Waals surface area contributed by atoms with Crippen LogP contribution in [0.1, 0.15) is 16.8 Å². The lowest BCUT2D eigenvalue weighted by Gasteiger charge is -2.23. The standard InChI is InChI=1S/C12H14ClNO4S/c1-14(9-4-5-19(17,18)7-9)12(16)10-3-2-8(13)6-11(10)15/h2-3,6,9,15H,4-5,7H2,1H3. The summed E-state index contributed by atoms with van der Waals surface area (Å²) in [4.78, 5) is 13.6. The minimum absolute atomic E-state index is 0.0242. The SMILES string of the molecule is CN(C(=O)c1ccc(Cl)cc1O)C1CCS(=O)(=O)C1. The molecular weight excluding hydrogens is 290 g/mol. The highest BCUT2D eigenvalue weighted by Gasteiger charge is 2.33. The maximum absolute atomic E-state index is 12.2. The maximum Gasteiger partial charge on any atom is 0.257 e. The highest BCUT2D eigenvalue weighted by molar-refractivity contribution is 7.91. The number of phenols is 1. The molecule has 1 unspecified atom stereocenters. The van der Waals surface area contributed by atoms with Crippen molar-refractivity contribution in [2.24, 2.45) is 0 Å². The van der Waals surface area contributed by atoms with Crippen molar-refractivity contribution in [1.29, 1.82) is 0 Å². The van der Waals surface area contributed by atoms with Crippen molar-refractivity contribution in [3.63, 3.8) is 0 Å². The largest absolute Gasteiger partial charge is 0.507 e. The molecule has 1 aliphatic heterocycles. The Hall–Kier alpha value is -1.27. The molecule has 1 aliphatic rings. The first kappa shape index (κ1) is 14.1. The van der Waals surface area contributed by atoms with Crippen LogP contribution in [0.25, 0.3) is 0 Å². The van der Waals surface area contributed by atoms with Crippen LogP contribution in [0.2, 0.25) is 5.02 Å². The number of phenolic OH excluding ortho intramolecular Hbond substituents is 1. The van der Waals surface area contributed by atoms with Gasteiger partial charge in [0.15, 0.2) is 9.84 Å². The van der Waals surface area contributed by atoms with Gasteiger partial charge >= 0.3 is 0 Å². The van der Waals surface area contributed by atoms with Crippen LogP contribution in [0.4, 0.5) is 0 Å². The predicted octanol–water partition coefficient (Wildman–Crippen LogP) is 1.30. The predicted molar refractivity (Wildman–Crippen MR) is 72.3 cm³/mol. The van der Waals surface area contributed by atoms with E-state index >= 15 is 0 Å². The average molecular weight is 304 g/mol. The fourth-order valence-corrected chi connectivity index (χ4v) is 4.06. The molecule has 19 heavy (non-hydrogen) atoms. The fourth-order valence-electron chi connectivity index (χ4n) is 2.12. The molecule has 5 nitrogen and oxygen atoms in total. The van der Waals surface area contributed by atoms with E-state index in [2.05, 4.69) is 0 Å². The molecule has 1 aromatic rings. The lowest BCUT2D eigenvalue weighted by Crippen LogP contribution is -2.37. The zero-order valence-electron chi connectivity index (χ0n) is 10.3. The number of amides is 1. The Bertz CT molecular complexity index is 614. The summed E-state index contributed by atoms with van der Waals surface area (Å²) >= 11 is 5.70. The first-order valence-corrected chi connectivity index (χ1v) is 7.96. The number of benzene rings is 1. The molecule has 0 spiro atoms. The number of sulfone groups is 1. The molecule has 1 atom stereocenters. The Balaban J connectivity index is 2.20. The van der Waals surface area contributed by atoms with Crippen molar-refractivity contribution in [2.75, 3.05) is 18.6 Å². The number of aromatic hydroxyl groups is 1. The van der Waals surface area contributed by atoms with E-state index in [4.69, 9.17) is 11.6 Å². The molecule has 1 saturated heterocycles. The van der Waals surface area contributed by atoms with Crippen LogP contribution < -0.4 is 0 Å². The van der Waals surface area contributed by atoms with E-state index in [9.17, 15) is 18.3 Å². The third-order valence-corrected chi connectivity index (χ3v) is 5.25. The molecule has 104 valence electrons. The number of hydrogen-bond donors (Lipinski definition) is 1. The number of rotatable bonds is 2. The average Bonchev–Trinajstić information content (AvgIpc) is 2.68. The van der Waals surface area contributed by atoms with Gasteiger partial charge in [0.05, 0.1) is 17.1 Å². The highest BCUT2D eigenvalue weighted by atomic mass is 35.5. The molecule has 1 amide bonds. The molecule has 1 N–H and O–H groups in total. The summed E-state index contributed by atoms with van der Waals surface area (Å²) in [5.41, 5.74) is 0.121. The molecule has 0 radical (unpaired) electrons. The molecule has 7 heteroatoms. The fraction of sp³-hybridized carbons (Fsp3) is 0.417. The van der Waals surface area contributed by atoms with Gasteiger partial charge in [0.25, 0.3) is 5.91 Å². The molecular formula is C12H14ClNO4S. The normalized spacial score (nSPS) is 21.3. The summed E-state index contributed by atoms with van der Waals surface area (Å²) in [5, 5.41) is 10.0. The first-order valence-electron chi connectivity index (χ1n) is 5.76. The topological polar surface area (TPSA) is 74.7 Å². The smallest absolute Gasteiger partial charge is 0.257 e. The van der Waals surface area contributed by atoms with E-state index in [0.29, 0.717) is 11.4 Å². The van der Waals surface area contributed by atoms with Gasteiger partial charge in [0.2, 0.25) is 0 Å². The second kappa shape index (κ2) is 5.02. The van der Waals surface area contributed by atoms with E-state index in [-0.39, 0.29) is 28.9 Å². The Kier molecular flexibility index (Phi) is 3.73. The van der Waals surface area contributed by atoms with Gasteiger partial charge in [0, 0.05) is 18.1 Å². The van der Waals surface area contributed by atoms with Gasteiger partial charge < -0.3 is 10.0 Å². The quantitative estimate of drug-likeness (QED) is 0.894. The van der Waals surface area contributed by atoms with Gasteiger partial charge in [-0.25, -0.2) is 8.42 Å². The van der Waals surface area contributed by atoms with E-state index in [1.54, 1.807) is 7.05 Å². The number of carbonyl (C=O) groups is 1. The number of carbonyl (C=O) groups excluding carboxylic acids is 1. The number of hydrogen-bond acceptors (Lipinski definition) is 4. The molecule has 0 saturated carbocycles. The minimum Gasteiger partial charge on any atom is -0.507 e. The van der Waals surface area contributed by atoms with Crippen LogP contribution in [0, 0.1) is 0 Å². The summed E-state index contributed by atoms with van der Waals surface area (Å²) in [6, 6.07) is 3.88. The number of nitrogens with zero attached hydrogens (tertiary/aromatic N) is 1. The zero-order valence-corrected chi connectivity index (χ0v) is 11.9. The molecule has 1 heterocycles. The lowest BCUT2D eigenvalue weighted by molar-refractivity contribution is 0.0744. The maximum atomic E-state index is 12.2. The summed E-state index contributed by atoms with van der Waals surface area (Å²) in [6.45, 7) is 0. The minimum atomic E-state index is -3.05. The lowest BCUT2D eigenvalue weighted by atomic mass is 10.1. The van der Waals surface area contributed by atoms with E-state index in [1.807, 2.05) is 0 Å². The molecule has 0 aromatic heterocycles. The molecule has 0 aliphatic carbocycles. The van der Waals surface area contributed by atoms with Crippen molar-refractivity contribution in [1.82, 2.24) is 4.90 Å². The van der Waals surface area contributed by atoms with Gasteiger partial charge in [-0.2, -0.15) is 0 Å². The van der Waals surface area contributed by atoms with Gasteiger partial charge in [0.1, 0.15) is 5.75 Å². The molecule has 0 bridgehead atoms. The summed E-state index contributed by atoms with van der Waals surface area (Å²) in [7, 11) is -1.51. The van der Waals surface area contributed by atoms with Crippen molar-refractivity contribution >= 4 is 27.3 Å². The van der Waals surface area contributed by atoms with Crippen LogP contribution in [0.3, 0.4) is 0 Å². The Morgan fingerprint density at radius 2 is 2.16 bits per heavy atom. The van der Waals surface area contributed by atoms with Gasteiger partial charge in [-0.05, 0) is 24.6 Å². The first-order chi connectivity index (χ1) is 8.80. The zero-order chi connectivity index (χ0) is 14.2. The second-order valence-corrected chi connectivity index (χ2v) is 7.30. The van der Waals surface area contributed by atoms with E-state index in [1.165, 1.54) is 23.1 Å². The van der Waals surface area contributed by atoms with Gasteiger partial charge in [-0.15, -0.1) is 0 Å². The van der Waals surface area contributed by atoms with E-state index in [0.717, 1.165) is 0 Å². The van der Waals surface area contributed by atoms with Gasteiger partial charge in [-0.3, -0.25) is 4.79 Å².